The Labute approximate surface area is 96.3 Å². The molecule has 0 fully saturated rings. The highest BCUT2D eigenvalue weighted by molar-refractivity contribution is 5.85. The zero-order valence-electron chi connectivity index (χ0n) is 9.03. The average molecular weight is 231 g/mol. The van der Waals surface area contributed by atoms with Crippen molar-refractivity contribution < 1.29 is 9.90 Å². The van der Waals surface area contributed by atoms with Gasteiger partial charge in [-0.15, -0.1) is 10.2 Å². The molecule has 0 bridgehead atoms. The molecule has 0 aromatic carbocycles. The van der Waals surface area contributed by atoms with E-state index in [9.17, 15) is 4.79 Å². The molecule has 0 saturated heterocycles. The fourth-order valence-electron chi connectivity index (χ4n) is 1.95. The number of nitrogens with zero attached hydrogens (tertiary/aromatic N) is 5. The van der Waals surface area contributed by atoms with E-state index in [4.69, 9.17) is 5.11 Å². The predicted molar refractivity (Wildman–Crippen MR) is 58.2 cm³/mol. The molecule has 1 aliphatic rings. The third-order valence-electron chi connectivity index (χ3n) is 2.67. The average Bonchev–Trinajstić information content (AvgIpc) is 2.73. The number of carboxylic acids is 1. The van der Waals surface area contributed by atoms with Crippen molar-refractivity contribution in [3.8, 4) is 5.69 Å². The lowest BCUT2D eigenvalue weighted by Gasteiger charge is -2.26. The van der Waals surface area contributed by atoms with Gasteiger partial charge < -0.3 is 10.0 Å². The van der Waals surface area contributed by atoms with Crippen molar-refractivity contribution in [3.05, 3.63) is 30.0 Å². The quantitative estimate of drug-likeness (QED) is 0.760. The topological polar surface area (TPSA) is 84.1 Å². The Hall–Kier alpha value is -2.44. The van der Waals surface area contributed by atoms with E-state index in [-0.39, 0.29) is 5.82 Å². The van der Waals surface area contributed by atoms with E-state index in [1.165, 1.54) is 4.57 Å². The smallest absolute Gasteiger partial charge is 0.374 e. The van der Waals surface area contributed by atoms with Crippen molar-refractivity contribution in [1.29, 1.82) is 0 Å². The lowest BCUT2D eigenvalue weighted by molar-refractivity contribution is 0.0680. The van der Waals surface area contributed by atoms with Gasteiger partial charge in [0, 0.05) is 13.2 Å². The van der Waals surface area contributed by atoms with Gasteiger partial charge in [0.05, 0.1) is 12.2 Å². The summed E-state index contributed by atoms with van der Waals surface area (Å²) in [7, 11) is 1.88. The van der Waals surface area contributed by atoms with E-state index < -0.39 is 5.97 Å². The van der Waals surface area contributed by atoms with Crippen LogP contribution in [0.1, 0.15) is 16.4 Å². The van der Waals surface area contributed by atoms with Crippen molar-refractivity contribution >= 4 is 11.8 Å². The number of aromatic nitrogens is 4. The van der Waals surface area contributed by atoms with Crippen LogP contribution in [0, 0.1) is 0 Å². The minimum atomic E-state index is -1.09. The second-order valence-electron chi connectivity index (χ2n) is 3.78. The van der Waals surface area contributed by atoms with Gasteiger partial charge in [-0.25, -0.2) is 9.78 Å². The van der Waals surface area contributed by atoms with E-state index in [1.54, 1.807) is 18.3 Å². The van der Waals surface area contributed by atoms with Crippen LogP contribution in [0.4, 0.5) is 5.82 Å². The molecule has 3 heterocycles. The first kappa shape index (κ1) is 9.76. The maximum absolute atomic E-state index is 11.1. The number of rotatable bonds is 1. The number of pyridine rings is 1. The summed E-state index contributed by atoms with van der Waals surface area (Å²) in [5, 5.41) is 16.6. The minimum Gasteiger partial charge on any atom is -0.475 e. The summed E-state index contributed by atoms with van der Waals surface area (Å²) in [5.74, 6) is 0.151. The molecular weight excluding hydrogens is 222 g/mol. The van der Waals surface area contributed by atoms with Gasteiger partial charge >= 0.3 is 5.97 Å². The molecular formula is C10H9N5O2. The van der Waals surface area contributed by atoms with Gasteiger partial charge in [0.15, 0.2) is 11.6 Å². The van der Waals surface area contributed by atoms with E-state index >= 15 is 0 Å². The van der Waals surface area contributed by atoms with Crippen molar-refractivity contribution in [3.63, 3.8) is 0 Å². The Morgan fingerprint density at radius 3 is 3.06 bits per heavy atom. The minimum absolute atomic E-state index is 0.0812. The number of hydrogen-bond donors (Lipinski definition) is 1. The van der Waals surface area contributed by atoms with Crippen LogP contribution in [-0.4, -0.2) is 37.9 Å². The van der Waals surface area contributed by atoms with Gasteiger partial charge in [0.25, 0.3) is 0 Å². The SMILES string of the molecule is CN1Cc2nnc(C(=O)O)n2-c2cccnc21. The lowest BCUT2D eigenvalue weighted by Crippen LogP contribution is -2.28. The first-order valence-corrected chi connectivity index (χ1v) is 5.02. The molecule has 0 saturated carbocycles. The van der Waals surface area contributed by atoms with E-state index in [1.807, 2.05) is 11.9 Å². The van der Waals surface area contributed by atoms with Gasteiger partial charge in [-0.3, -0.25) is 4.57 Å². The number of fused-ring (bicyclic) bond motifs is 3. The van der Waals surface area contributed by atoms with Gasteiger partial charge in [0.1, 0.15) is 0 Å². The monoisotopic (exact) mass is 231 g/mol. The van der Waals surface area contributed by atoms with E-state index in [0.717, 1.165) is 5.82 Å². The fraction of sp³-hybridized carbons (Fsp3) is 0.200. The maximum atomic E-state index is 11.1. The summed E-state index contributed by atoms with van der Waals surface area (Å²) in [6.07, 6.45) is 1.67. The Kier molecular flexibility index (Phi) is 1.88. The van der Waals surface area contributed by atoms with Crippen molar-refractivity contribution in [2.75, 3.05) is 11.9 Å². The largest absolute Gasteiger partial charge is 0.475 e. The molecule has 7 nitrogen and oxygen atoms in total. The van der Waals surface area contributed by atoms with E-state index in [0.29, 0.717) is 18.1 Å². The van der Waals surface area contributed by atoms with Crippen LogP contribution < -0.4 is 4.90 Å². The summed E-state index contributed by atoms with van der Waals surface area (Å²) in [5.41, 5.74) is 0.693. The first-order valence-electron chi connectivity index (χ1n) is 5.02. The van der Waals surface area contributed by atoms with Crippen molar-refractivity contribution in [2.24, 2.45) is 0 Å². The molecule has 0 atom stereocenters. The highest BCUT2D eigenvalue weighted by atomic mass is 16.4. The molecule has 0 aliphatic carbocycles. The van der Waals surface area contributed by atoms with Gasteiger partial charge in [-0.05, 0) is 12.1 Å². The Morgan fingerprint density at radius 2 is 2.29 bits per heavy atom. The Morgan fingerprint density at radius 1 is 1.47 bits per heavy atom. The molecule has 2 aromatic heterocycles. The van der Waals surface area contributed by atoms with Crippen LogP contribution in [0.2, 0.25) is 0 Å². The summed E-state index contributed by atoms with van der Waals surface area (Å²) in [6.45, 7) is 0.490. The fourth-order valence-corrected chi connectivity index (χ4v) is 1.95. The van der Waals surface area contributed by atoms with Crippen LogP contribution in [0.3, 0.4) is 0 Å². The molecule has 0 amide bonds. The normalized spacial score (nSPS) is 13.1. The van der Waals surface area contributed by atoms with Gasteiger partial charge in [-0.1, -0.05) is 0 Å². The highest BCUT2D eigenvalue weighted by Gasteiger charge is 2.27. The third-order valence-corrected chi connectivity index (χ3v) is 2.67. The standard InChI is InChI=1S/C10H9N5O2/c1-14-5-7-12-13-9(10(16)17)15(7)6-3-2-4-11-8(6)14/h2-4H,5H2,1H3,(H,16,17). The summed E-state index contributed by atoms with van der Waals surface area (Å²) >= 11 is 0. The molecule has 1 N–H and O–H groups in total. The van der Waals surface area contributed by atoms with Crippen LogP contribution in [0.25, 0.3) is 5.69 Å². The highest BCUT2D eigenvalue weighted by Crippen LogP contribution is 2.28. The number of aromatic carboxylic acids is 1. The van der Waals surface area contributed by atoms with Crippen molar-refractivity contribution in [2.45, 2.75) is 6.54 Å². The van der Waals surface area contributed by atoms with Gasteiger partial charge in [0.2, 0.25) is 5.82 Å². The summed E-state index contributed by atoms with van der Waals surface area (Å²) in [4.78, 5) is 17.2. The number of carboxylic acid groups (broad SMARTS) is 1. The number of hydrogen-bond acceptors (Lipinski definition) is 5. The number of anilines is 1. The Bertz CT molecular complexity index is 606. The molecule has 17 heavy (non-hydrogen) atoms. The summed E-state index contributed by atoms with van der Waals surface area (Å²) in [6, 6.07) is 3.56. The van der Waals surface area contributed by atoms with Crippen molar-refractivity contribution in [1.82, 2.24) is 19.7 Å². The van der Waals surface area contributed by atoms with Gasteiger partial charge in [-0.2, -0.15) is 0 Å². The van der Waals surface area contributed by atoms with Crippen LogP contribution in [0.15, 0.2) is 18.3 Å². The zero-order chi connectivity index (χ0) is 12.0. The van der Waals surface area contributed by atoms with E-state index in [2.05, 4.69) is 15.2 Å². The summed E-state index contributed by atoms with van der Waals surface area (Å²) < 4.78 is 1.53. The molecule has 86 valence electrons. The molecule has 0 unspecified atom stereocenters. The molecule has 0 radical (unpaired) electrons. The maximum Gasteiger partial charge on any atom is 0.374 e. The molecule has 0 spiro atoms. The van der Waals surface area contributed by atoms with Crippen LogP contribution in [-0.2, 0) is 6.54 Å². The second-order valence-corrected chi connectivity index (χ2v) is 3.78. The molecule has 3 rings (SSSR count). The first-order chi connectivity index (χ1) is 8.18. The third kappa shape index (κ3) is 1.28. The van der Waals surface area contributed by atoms with Crippen LogP contribution >= 0.6 is 0 Å². The Balaban J connectivity index is 2.30. The molecule has 1 aliphatic heterocycles. The lowest BCUT2D eigenvalue weighted by atomic mass is 10.3. The van der Waals surface area contributed by atoms with Crippen LogP contribution in [0.5, 0.6) is 0 Å². The predicted octanol–water partition coefficient (Wildman–Crippen LogP) is 0.310. The second kappa shape index (κ2) is 3.27. The number of carbonyl (C=O) groups is 1. The molecule has 7 heteroatoms. The zero-order valence-corrected chi connectivity index (χ0v) is 9.03. The molecule has 2 aromatic rings.